The minimum atomic E-state index is -0.428. The molecule has 0 aliphatic rings. The van der Waals surface area contributed by atoms with Crippen molar-refractivity contribution in [2.24, 2.45) is 0 Å². The van der Waals surface area contributed by atoms with E-state index < -0.39 is 5.82 Å². The van der Waals surface area contributed by atoms with Crippen LogP contribution in [0.3, 0.4) is 0 Å². The molecule has 0 radical (unpaired) electrons. The third-order valence-electron chi connectivity index (χ3n) is 2.63. The standard InChI is InChI=1S/C12H9FN4OS/c13-8-2-1-3-9(7(8)4-18)19-12-10-11(15-5-14-10)16-6-17-12/h1-3,5-6,18H,4H2,(H,14,15,16,17). The van der Waals surface area contributed by atoms with Gasteiger partial charge in [-0.2, -0.15) is 0 Å². The molecule has 3 aromatic rings. The molecule has 0 fully saturated rings. The molecule has 0 saturated heterocycles. The molecule has 0 aliphatic heterocycles. The number of hydrogen-bond donors (Lipinski definition) is 2. The number of nitrogens with one attached hydrogen (secondary N) is 1. The van der Waals surface area contributed by atoms with E-state index in [2.05, 4.69) is 19.9 Å². The molecule has 0 atom stereocenters. The lowest BCUT2D eigenvalue weighted by Crippen LogP contribution is -1.94. The maximum Gasteiger partial charge on any atom is 0.181 e. The Labute approximate surface area is 111 Å². The number of fused-ring (bicyclic) bond motifs is 1. The van der Waals surface area contributed by atoms with E-state index in [9.17, 15) is 9.50 Å². The van der Waals surface area contributed by atoms with E-state index in [1.807, 2.05) is 0 Å². The van der Waals surface area contributed by atoms with Crippen LogP contribution in [0, 0.1) is 5.82 Å². The normalized spacial score (nSPS) is 11.1. The molecule has 0 bridgehead atoms. The minimum absolute atomic E-state index is 0.263. The zero-order chi connectivity index (χ0) is 13.2. The third kappa shape index (κ3) is 2.18. The molecule has 0 aliphatic carbocycles. The molecule has 96 valence electrons. The summed E-state index contributed by atoms with van der Waals surface area (Å²) in [4.78, 5) is 15.8. The highest BCUT2D eigenvalue weighted by atomic mass is 32.2. The van der Waals surface area contributed by atoms with Gasteiger partial charge in [-0.05, 0) is 12.1 Å². The minimum Gasteiger partial charge on any atom is -0.392 e. The highest BCUT2D eigenvalue weighted by Gasteiger charge is 2.12. The Balaban J connectivity index is 2.06. The van der Waals surface area contributed by atoms with Crippen molar-refractivity contribution in [2.75, 3.05) is 0 Å². The molecule has 0 amide bonds. The van der Waals surface area contributed by atoms with Gasteiger partial charge in [0, 0.05) is 10.5 Å². The van der Waals surface area contributed by atoms with Crippen molar-refractivity contribution in [1.29, 1.82) is 0 Å². The third-order valence-corrected chi connectivity index (χ3v) is 3.73. The summed E-state index contributed by atoms with van der Waals surface area (Å²) < 4.78 is 13.6. The number of aromatic nitrogens is 4. The van der Waals surface area contributed by atoms with E-state index in [4.69, 9.17) is 0 Å². The SMILES string of the molecule is OCc1c(F)cccc1Sc1ncnc2nc[nH]c12. The Morgan fingerprint density at radius 2 is 2.16 bits per heavy atom. The van der Waals surface area contributed by atoms with Gasteiger partial charge in [0.2, 0.25) is 0 Å². The molecule has 5 nitrogen and oxygen atoms in total. The van der Waals surface area contributed by atoms with E-state index in [0.29, 0.717) is 21.1 Å². The summed E-state index contributed by atoms with van der Waals surface area (Å²) in [5.74, 6) is -0.428. The first kappa shape index (κ1) is 12.1. The first-order chi connectivity index (χ1) is 9.29. The Kier molecular flexibility index (Phi) is 3.14. The van der Waals surface area contributed by atoms with Crippen LogP contribution in [0.2, 0.25) is 0 Å². The predicted molar refractivity (Wildman–Crippen MR) is 68.1 cm³/mol. The molecule has 0 saturated carbocycles. The van der Waals surface area contributed by atoms with Gasteiger partial charge >= 0.3 is 0 Å². The maximum atomic E-state index is 13.6. The fraction of sp³-hybridized carbons (Fsp3) is 0.0833. The number of imidazole rings is 1. The van der Waals surface area contributed by atoms with E-state index >= 15 is 0 Å². The molecule has 2 aromatic heterocycles. The molecule has 3 rings (SSSR count). The second kappa shape index (κ2) is 4.94. The number of halogens is 1. The number of nitrogens with zero attached hydrogens (tertiary/aromatic N) is 3. The quantitative estimate of drug-likeness (QED) is 0.717. The van der Waals surface area contributed by atoms with Gasteiger partial charge in [-0.1, -0.05) is 17.8 Å². The van der Waals surface area contributed by atoms with Gasteiger partial charge in [-0.25, -0.2) is 19.3 Å². The summed E-state index contributed by atoms with van der Waals surface area (Å²) in [5, 5.41) is 9.89. The van der Waals surface area contributed by atoms with Crippen molar-refractivity contribution in [1.82, 2.24) is 19.9 Å². The Morgan fingerprint density at radius 3 is 3.00 bits per heavy atom. The van der Waals surface area contributed by atoms with Crippen molar-refractivity contribution in [3.05, 3.63) is 42.2 Å². The molecular weight excluding hydrogens is 267 g/mol. The zero-order valence-corrected chi connectivity index (χ0v) is 10.5. The van der Waals surface area contributed by atoms with Crippen LogP contribution >= 0.6 is 11.8 Å². The summed E-state index contributed by atoms with van der Waals surface area (Å²) in [6.45, 7) is -0.355. The van der Waals surface area contributed by atoms with Gasteiger partial charge in [0.1, 0.15) is 22.7 Å². The van der Waals surface area contributed by atoms with Crippen LogP contribution in [-0.4, -0.2) is 25.0 Å². The predicted octanol–water partition coefficient (Wildman–Crippen LogP) is 2.14. The number of aliphatic hydroxyl groups excluding tert-OH is 1. The molecule has 0 unspecified atom stereocenters. The number of aliphatic hydroxyl groups is 1. The smallest absolute Gasteiger partial charge is 0.181 e. The maximum absolute atomic E-state index is 13.6. The molecule has 0 spiro atoms. The summed E-state index contributed by atoms with van der Waals surface area (Å²) in [6.07, 6.45) is 2.94. The monoisotopic (exact) mass is 276 g/mol. The summed E-state index contributed by atoms with van der Waals surface area (Å²) >= 11 is 1.26. The Bertz CT molecular complexity index is 731. The Morgan fingerprint density at radius 1 is 1.26 bits per heavy atom. The van der Waals surface area contributed by atoms with Crippen molar-refractivity contribution < 1.29 is 9.50 Å². The number of benzene rings is 1. The van der Waals surface area contributed by atoms with Gasteiger partial charge in [0.05, 0.1) is 12.9 Å². The molecule has 7 heteroatoms. The zero-order valence-electron chi connectivity index (χ0n) is 9.67. The van der Waals surface area contributed by atoms with Gasteiger partial charge in [-0.3, -0.25) is 0 Å². The molecule has 1 aromatic carbocycles. The van der Waals surface area contributed by atoms with Crippen molar-refractivity contribution in [2.45, 2.75) is 16.5 Å². The lowest BCUT2D eigenvalue weighted by molar-refractivity contribution is 0.272. The average molecular weight is 276 g/mol. The Hall–Kier alpha value is -1.99. The van der Waals surface area contributed by atoms with Crippen molar-refractivity contribution >= 4 is 22.9 Å². The van der Waals surface area contributed by atoms with Gasteiger partial charge < -0.3 is 10.1 Å². The molecular formula is C12H9FN4OS. The molecule has 2 heterocycles. The summed E-state index contributed by atoms with van der Waals surface area (Å²) in [7, 11) is 0. The van der Waals surface area contributed by atoms with Crippen LogP contribution in [0.15, 0.2) is 40.8 Å². The second-order valence-electron chi connectivity index (χ2n) is 3.76. The fourth-order valence-corrected chi connectivity index (χ4v) is 2.70. The van der Waals surface area contributed by atoms with Gasteiger partial charge in [-0.15, -0.1) is 0 Å². The van der Waals surface area contributed by atoms with Crippen LogP contribution in [-0.2, 0) is 6.61 Å². The fourth-order valence-electron chi connectivity index (χ4n) is 1.71. The van der Waals surface area contributed by atoms with Crippen molar-refractivity contribution in [3.8, 4) is 0 Å². The van der Waals surface area contributed by atoms with Crippen LogP contribution < -0.4 is 0 Å². The molecule has 2 N–H and O–H groups in total. The first-order valence-corrected chi connectivity index (χ1v) is 6.31. The second-order valence-corrected chi connectivity index (χ2v) is 4.79. The number of aromatic amines is 1. The lowest BCUT2D eigenvalue weighted by Gasteiger charge is -2.07. The average Bonchev–Trinajstić information content (AvgIpc) is 2.88. The molecule has 19 heavy (non-hydrogen) atoms. The first-order valence-electron chi connectivity index (χ1n) is 5.50. The van der Waals surface area contributed by atoms with Crippen LogP contribution in [0.1, 0.15) is 5.56 Å². The topological polar surface area (TPSA) is 74.7 Å². The largest absolute Gasteiger partial charge is 0.392 e. The van der Waals surface area contributed by atoms with E-state index in [-0.39, 0.29) is 12.2 Å². The van der Waals surface area contributed by atoms with E-state index in [1.54, 1.807) is 12.1 Å². The summed E-state index contributed by atoms with van der Waals surface area (Å²) in [6, 6.07) is 4.66. The number of rotatable bonds is 3. The lowest BCUT2D eigenvalue weighted by atomic mass is 10.2. The number of hydrogen-bond acceptors (Lipinski definition) is 5. The van der Waals surface area contributed by atoms with Crippen LogP contribution in [0.25, 0.3) is 11.2 Å². The van der Waals surface area contributed by atoms with Crippen LogP contribution in [0.5, 0.6) is 0 Å². The summed E-state index contributed by atoms with van der Waals surface area (Å²) in [5.41, 5.74) is 1.51. The van der Waals surface area contributed by atoms with Gasteiger partial charge in [0.25, 0.3) is 0 Å². The van der Waals surface area contributed by atoms with E-state index in [1.165, 1.54) is 30.5 Å². The number of H-pyrrole nitrogens is 1. The van der Waals surface area contributed by atoms with Gasteiger partial charge in [0.15, 0.2) is 5.65 Å². The van der Waals surface area contributed by atoms with Crippen molar-refractivity contribution in [3.63, 3.8) is 0 Å². The van der Waals surface area contributed by atoms with Crippen LogP contribution in [0.4, 0.5) is 4.39 Å². The highest BCUT2D eigenvalue weighted by Crippen LogP contribution is 2.33. The van der Waals surface area contributed by atoms with E-state index in [0.717, 1.165) is 0 Å². The highest BCUT2D eigenvalue weighted by molar-refractivity contribution is 7.99.